The van der Waals surface area contributed by atoms with Crippen LogP contribution < -0.4 is 0 Å². The summed E-state index contributed by atoms with van der Waals surface area (Å²) in [5, 5.41) is 2.77. The molecule has 0 bridgehead atoms. The number of para-hydroxylation sites is 1. The normalized spacial score (nSPS) is 19.5. The van der Waals surface area contributed by atoms with Crippen LogP contribution in [0.25, 0.3) is 21.8 Å². The van der Waals surface area contributed by atoms with E-state index in [4.69, 9.17) is 0 Å². The van der Waals surface area contributed by atoms with Gasteiger partial charge in [0.2, 0.25) is 0 Å². The van der Waals surface area contributed by atoms with Crippen molar-refractivity contribution in [3.63, 3.8) is 0 Å². The second kappa shape index (κ2) is 4.50. The third-order valence-electron chi connectivity index (χ3n) is 5.59. The highest BCUT2D eigenvalue weighted by atomic mass is 127. The number of aromatic nitrogens is 1. The van der Waals surface area contributed by atoms with E-state index in [0.717, 1.165) is 0 Å². The lowest BCUT2D eigenvalue weighted by Crippen LogP contribution is -2.33. The van der Waals surface area contributed by atoms with Gasteiger partial charge in [-0.2, -0.15) is 0 Å². The zero-order chi connectivity index (χ0) is 15.7. The van der Waals surface area contributed by atoms with Gasteiger partial charge in [-0.25, -0.2) is 0 Å². The van der Waals surface area contributed by atoms with Crippen molar-refractivity contribution in [2.75, 3.05) is 0 Å². The molecule has 0 saturated carbocycles. The molecule has 2 heteroatoms. The van der Waals surface area contributed by atoms with E-state index < -0.39 is 0 Å². The van der Waals surface area contributed by atoms with Crippen LogP contribution in [0.1, 0.15) is 51.7 Å². The first-order chi connectivity index (χ1) is 10.3. The Kier molecular flexibility index (Phi) is 2.98. The van der Waals surface area contributed by atoms with Gasteiger partial charge in [0.25, 0.3) is 0 Å². The van der Waals surface area contributed by atoms with Crippen molar-refractivity contribution < 1.29 is 0 Å². The first-order valence-corrected chi connectivity index (χ1v) is 9.02. The molecular weight excluding hydrogens is 381 g/mol. The average Bonchev–Trinajstić information content (AvgIpc) is 2.77. The molecule has 0 aliphatic heterocycles. The number of fused-ring (bicyclic) bond motifs is 4. The molecule has 0 radical (unpaired) electrons. The zero-order valence-corrected chi connectivity index (χ0v) is 15.9. The molecule has 4 rings (SSSR count). The van der Waals surface area contributed by atoms with Crippen molar-refractivity contribution in [1.29, 1.82) is 0 Å². The molecule has 0 N–H and O–H groups in total. The lowest BCUT2D eigenvalue weighted by Gasteiger charge is -2.41. The Hall–Kier alpha value is -1.03. The SMILES string of the molecule is CC1(C)CCC(C)(C)c2cc3c(cc21)c1ccccc1n3I. The molecule has 22 heavy (non-hydrogen) atoms. The van der Waals surface area contributed by atoms with Crippen LogP contribution in [-0.2, 0) is 10.8 Å². The Balaban J connectivity index is 2.18. The van der Waals surface area contributed by atoms with Crippen molar-refractivity contribution in [2.24, 2.45) is 0 Å². The van der Waals surface area contributed by atoms with E-state index in [-0.39, 0.29) is 10.8 Å². The van der Waals surface area contributed by atoms with Gasteiger partial charge in [0.15, 0.2) is 0 Å². The van der Waals surface area contributed by atoms with E-state index in [0.29, 0.717) is 0 Å². The molecule has 2 aromatic carbocycles. The summed E-state index contributed by atoms with van der Waals surface area (Å²) >= 11 is 2.44. The molecule has 1 aliphatic rings. The minimum Gasteiger partial charge on any atom is -0.282 e. The number of benzene rings is 2. The molecule has 0 amide bonds. The summed E-state index contributed by atoms with van der Waals surface area (Å²) in [5.74, 6) is 0. The molecule has 0 unspecified atom stereocenters. The van der Waals surface area contributed by atoms with Crippen LogP contribution in [0.5, 0.6) is 0 Å². The largest absolute Gasteiger partial charge is 0.282 e. The highest BCUT2D eigenvalue weighted by molar-refractivity contribution is 14.1. The topological polar surface area (TPSA) is 4.93 Å². The summed E-state index contributed by atoms with van der Waals surface area (Å²) in [4.78, 5) is 0. The molecule has 1 heterocycles. The predicted molar refractivity (Wildman–Crippen MR) is 104 cm³/mol. The number of hydrogen-bond donors (Lipinski definition) is 0. The number of nitrogens with zero attached hydrogens (tertiary/aromatic N) is 1. The number of halogens is 1. The minimum atomic E-state index is 0.270. The van der Waals surface area contributed by atoms with E-state index in [1.54, 1.807) is 5.56 Å². The Morgan fingerprint density at radius 2 is 1.41 bits per heavy atom. The van der Waals surface area contributed by atoms with Crippen LogP contribution in [-0.4, -0.2) is 2.78 Å². The molecule has 0 spiro atoms. The number of rotatable bonds is 0. The Morgan fingerprint density at radius 3 is 2.09 bits per heavy atom. The summed E-state index contributed by atoms with van der Waals surface area (Å²) in [5.41, 5.74) is 6.29. The third kappa shape index (κ3) is 1.89. The lowest BCUT2D eigenvalue weighted by molar-refractivity contribution is 0.332. The van der Waals surface area contributed by atoms with Gasteiger partial charge >= 0.3 is 0 Å². The third-order valence-corrected chi connectivity index (χ3v) is 6.63. The molecule has 0 saturated heterocycles. The monoisotopic (exact) mass is 403 g/mol. The van der Waals surface area contributed by atoms with Crippen LogP contribution in [0.4, 0.5) is 0 Å². The lowest BCUT2D eigenvalue weighted by atomic mass is 9.63. The van der Waals surface area contributed by atoms with E-state index in [9.17, 15) is 0 Å². The van der Waals surface area contributed by atoms with Gasteiger partial charge < -0.3 is 0 Å². The minimum absolute atomic E-state index is 0.270. The van der Waals surface area contributed by atoms with E-state index in [2.05, 4.69) is 89.7 Å². The fraction of sp³-hybridized carbons (Fsp3) is 0.400. The van der Waals surface area contributed by atoms with Crippen LogP contribution in [0, 0.1) is 0 Å². The summed E-state index contributed by atoms with van der Waals surface area (Å²) in [6.45, 7) is 9.59. The summed E-state index contributed by atoms with van der Waals surface area (Å²) < 4.78 is 2.32. The standard InChI is InChI=1S/C20H22IN/c1-19(2)9-10-20(3,4)16-12-18-14(11-15(16)19)13-7-5-6-8-17(13)22(18)21/h5-8,11-12H,9-10H2,1-4H3. The predicted octanol–water partition coefficient (Wildman–Crippen LogP) is 6.34. The Bertz CT molecular complexity index is 899. The van der Waals surface area contributed by atoms with Crippen molar-refractivity contribution in [3.8, 4) is 0 Å². The second-order valence-corrected chi connectivity index (χ2v) is 8.95. The van der Waals surface area contributed by atoms with E-state index in [1.807, 2.05) is 0 Å². The summed E-state index contributed by atoms with van der Waals surface area (Å²) in [6, 6.07) is 13.7. The number of hydrogen-bond acceptors (Lipinski definition) is 0. The van der Waals surface area contributed by atoms with Crippen LogP contribution in [0.2, 0.25) is 0 Å². The maximum atomic E-state index is 2.48. The quantitative estimate of drug-likeness (QED) is 0.386. The van der Waals surface area contributed by atoms with Gasteiger partial charge in [-0.1, -0.05) is 45.9 Å². The molecule has 0 atom stereocenters. The smallest absolute Gasteiger partial charge is 0.0646 e. The second-order valence-electron chi connectivity index (χ2n) is 7.98. The van der Waals surface area contributed by atoms with Gasteiger partial charge in [0.1, 0.15) is 0 Å². The van der Waals surface area contributed by atoms with Gasteiger partial charge in [-0.05, 0) is 53.0 Å². The first-order valence-electron chi connectivity index (χ1n) is 8.06. The van der Waals surface area contributed by atoms with Crippen molar-refractivity contribution in [3.05, 3.63) is 47.5 Å². The van der Waals surface area contributed by atoms with Crippen molar-refractivity contribution in [1.82, 2.24) is 2.78 Å². The van der Waals surface area contributed by atoms with Gasteiger partial charge in [0.05, 0.1) is 33.9 Å². The summed E-state index contributed by atoms with van der Waals surface area (Å²) in [6.07, 6.45) is 2.53. The van der Waals surface area contributed by atoms with Gasteiger partial charge in [-0.15, -0.1) is 0 Å². The molecular formula is C20H22IN. The Labute approximate surface area is 146 Å². The fourth-order valence-electron chi connectivity index (χ4n) is 3.98. The van der Waals surface area contributed by atoms with Crippen LogP contribution in [0.15, 0.2) is 36.4 Å². The molecule has 1 nitrogen and oxygen atoms in total. The average molecular weight is 403 g/mol. The highest BCUT2D eigenvalue weighted by Crippen LogP contribution is 2.48. The maximum absolute atomic E-state index is 2.48. The molecule has 1 aromatic heterocycles. The zero-order valence-electron chi connectivity index (χ0n) is 13.7. The molecule has 3 aromatic rings. The molecule has 1 aliphatic carbocycles. The van der Waals surface area contributed by atoms with E-state index >= 15 is 0 Å². The van der Waals surface area contributed by atoms with E-state index in [1.165, 1.54) is 40.2 Å². The van der Waals surface area contributed by atoms with Crippen LogP contribution >= 0.6 is 22.9 Å². The fourth-order valence-corrected chi connectivity index (χ4v) is 4.80. The van der Waals surface area contributed by atoms with Gasteiger partial charge in [0, 0.05) is 10.8 Å². The Morgan fingerprint density at radius 1 is 0.818 bits per heavy atom. The highest BCUT2D eigenvalue weighted by Gasteiger charge is 2.37. The van der Waals surface area contributed by atoms with Crippen molar-refractivity contribution >= 4 is 44.7 Å². The van der Waals surface area contributed by atoms with Gasteiger partial charge in [-0.3, -0.25) is 2.78 Å². The van der Waals surface area contributed by atoms with Crippen LogP contribution in [0.3, 0.4) is 0 Å². The first kappa shape index (κ1) is 14.6. The molecule has 114 valence electrons. The van der Waals surface area contributed by atoms with Crippen molar-refractivity contribution in [2.45, 2.75) is 51.4 Å². The summed E-state index contributed by atoms with van der Waals surface area (Å²) in [7, 11) is 0. The maximum Gasteiger partial charge on any atom is 0.0646 e. The molecule has 0 fully saturated rings.